The Morgan fingerprint density at radius 3 is 2.52 bits per heavy atom. The van der Waals surface area contributed by atoms with E-state index in [4.69, 9.17) is 4.74 Å². The van der Waals surface area contributed by atoms with Gasteiger partial charge in [0.1, 0.15) is 11.4 Å². The zero-order valence-corrected chi connectivity index (χ0v) is 21.4. The lowest BCUT2D eigenvalue weighted by atomic mass is 9.83. The summed E-state index contributed by atoms with van der Waals surface area (Å²) in [7, 11) is 0. The second-order valence-electron chi connectivity index (χ2n) is 9.85. The number of esters is 1. The summed E-state index contributed by atoms with van der Waals surface area (Å²) in [6, 6.07) is 10.6. The predicted molar refractivity (Wildman–Crippen MR) is 133 cm³/mol. The van der Waals surface area contributed by atoms with Gasteiger partial charge >= 0.3 is 5.97 Å². The smallest absolute Gasteiger partial charge is 0.306 e. The minimum Gasteiger partial charge on any atom is -0.460 e. The number of hydrogen-bond donors (Lipinski definition) is 1. The molecule has 2 aromatic carbocycles. The summed E-state index contributed by atoms with van der Waals surface area (Å²) >= 11 is 3.30. The summed E-state index contributed by atoms with van der Waals surface area (Å²) in [5.41, 5.74) is 2.52. The van der Waals surface area contributed by atoms with Crippen LogP contribution in [0.4, 0.5) is 10.1 Å². The number of carbonyl (C=O) groups is 2. The SMILES string of the molecule is Cc1c(CCC(=O)OC(C)(C)C)cccc1NC(=O)C(c1ccc(Br)cc1F)C1CCCC1. The summed E-state index contributed by atoms with van der Waals surface area (Å²) in [5.74, 6) is -1.21. The van der Waals surface area contributed by atoms with E-state index >= 15 is 0 Å². The molecule has 1 unspecified atom stereocenters. The molecule has 4 nitrogen and oxygen atoms in total. The average molecular weight is 518 g/mol. The van der Waals surface area contributed by atoms with Crippen LogP contribution in [0.1, 0.15) is 75.5 Å². The van der Waals surface area contributed by atoms with Crippen LogP contribution < -0.4 is 5.32 Å². The molecule has 1 aliphatic carbocycles. The number of benzene rings is 2. The van der Waals surface area contributed by atoms with Crippen molar-refractivity contribution < 1.29 is 18.7 Å². The van der Waals surface area contributed by atoms with E-state index in [1.54, 1.807) is 12.1 Å². The first-order valence-corrected chi connectivity index (χ1v) is 12.4. The highest BCUT2D eigenvalue weighted by atomic mass is 79.9. The van der Waals surface area contributed by atoms with Crippen LogP contribution >= 0.6 is 15.9 Å². The zero-order valence-electron chi connectivity index (χ0n) is 19.8. The van der Waals surface area contributed by atoms with Crippen LogP contribution in [0.25, 0.3) is 0 Å². The van der Waals surface area contributed by atoms with E-state index < -0.39 is 11.5 Å². The number of amides is 1. The maximum atomic E-state index is 14.8. The Bertz CT molecular complexity index is 1010. The quantitative estimate of drug-likeness (QED) is 0.399. The number of anilines is 1. The molecule has 0 aliphatic heterocycles. The van der Waals surface area contributed by atoms with Gasteiger partial charge in [-0.1, -0.05) is 47.0 Å². The van der Waals surface area contributed by atoms with Gasteiger partial charge in [-0.2, -0.15) is 0 Å². The molecule has 33 heavy (non-hydrogen) atoms. The number of carbonyl (C=O) groups excluding carboxylic acids is 2. The van der Waals surface area contributed by atoms with Gasteiger partial charge in [0.05, 0.1) is 5.92 Å². The van der Waals surface area contributed by atoms with E-state index in [2.05, 4.69) is 21.2 Å². The van der Waals surface area contributed by atoms with Gasteiger partial charge < -0.3 is 10.1 Å². The summed E-state index contributed by atoms with van der Waals surface area (Å²) in [5, 5.41) is 3.06. The van der Waals surface area contributed by atoms with Crippen molar-refractivity contribution in [2.24, 2.45) is 5.92 Å². The maximum absolute atomic E-state index is 14.8. The molecule has 0 bridgehead atoms. The molecule has 1 atom stereocenters. The number of aryl methyl sites for hydroxylation is 1. The fourth-order valence-electron chi connectivity index (χ4n) is 4.58. The Hall–Kier alpha value is -2.21. The monoisotopic (exact) mass is 517 g/mol. The fraction of sp³-hybridized carbons (Fsp3) is 0.481. The van der Waals surface area contributed by atoms with Gasteiger partial charge in [0, 0.05) is 22.1 Å². The number of ether oxygens (including phenoxy) is 1. The van der Waals surface area contributed by atoms with E-state index in [1.165, 1.54) is 6.07 Å². The molecular weight excluding hydrogens is 485 g/mol. The van der Waals surface area contributed by atoms with Crippen molar-refractivity contribution in [2.45, 2.75) is 77.7 Å². The number of rotatable bonds is 7. The Balaban J connectivity index is 1.78. The van der Waals surface area contributed by atoms with E-state index in [-0.39, 0.29) is 30.0 Å². The Morgan fingerprint density at radius 2 is 1.88 bits per heavy atom. The van der Waals surface area contributed by atoms with Gasteiger partial charge in [-0.15, -0.1) is 0 Å². The van der Waals surface area contributed by atoms with Crippen molar-refractivity contribution in [1.29, 1.82) is 0 Å². The highest BCUT2D eigenvalue weighted by molar-refractivity contribution is 9.10. The Morgan fingerprint density at radius 1 is 1.18 bits per heavy atom. The summed E-state index contributed by atoms with van der Waals surface area (Å²) in [6.07, 6.45) is 4.75. The first-order valence-electron chi connectivity index (χ1n) is 11.6. The van der Waals surface area contributed by atoms with Crippen LogP contribution in [0.3, 0.4) is 0 Å². The van der Waals surface area contributed by atoms with Crippen LogP contribution in [0.5, 0.6) is 0 Å². The highest BCUT2D eigenvalue weighted by Gasteiger charge is 2.34. The first-order chi connectivity index (χ1) is 15.5. The third-order valence-corrected chi connectivity index (χ3v) is 6.67. The van der Waals surface area contributed by atoms with Gasteiger partial charge in [-0.25, -0.2) is 4.39 Å². The molecule has 1 N–H and O–H groups in total. The molecule has 178 valence electrons. The highest BCUT2D eigenvalue weighted by Crippen LogP contribution is 2.39. The van der Waals surface area contributed by atoms with Crippen molar-refractivity contribution >= 4 is 33.5 Å². The minimum absolute atomic E-state index is 0.122. The largest absolute Gasteiger partial charge is 0.460 e. The molecule has 1 fully saturated rings. The molecule has 3 rings (SSSR count). The van der Waals surface area contributed by atoms with Crippen molar-refractivity contribution in [3.8, 4) is 0 Å². The molecule has 1 aliphatic rings. The van der Waals surface area contributed by atoms with E-state index in [1.807, 2.05) is 45.9 Å². The molecule has 0 radical (unpaired) electrons. The first kappa shape index (κ1) is 25.4. The third kappa shape index (κ3) is 6.89. The van der Waals surface area contributed by atoms with Gasteiger partial charge in [-0.05, 0) is 82.2 Å². The number of nitrogens with one attached hydrogen (secondary N) is 1. The Labute approximate surface area is 204 Å². The van der Waals surface area contributed by atoms with E-state index in [9.17, 15) is 14.0 Å². The zero-order chi connectivity index (χ0) is 24.2. The number of hydrogen-bond acceptors (Lipinski definition) is 3. The molecule has 0 spiro atoms. The second kappa shape index (κ2) is 10.8. The summed E-state index contributed by atoms with van der Waals surface area (Å²) in [4.78, 5) is 25.6. The van der Waals surface area contributed by atoms with Gasteiger partial charge in [0.2, 0.25) is 5.91 Å². The van der Waals surface area contributed by atoms with Crippen molar-refractivity contribution in [2.75, 3.05) is 5.32 Å². The van der Waals surface area contributed by atoms with Crippen LogP contribution in [0.15, 0.2) is 40.9 Å². The number of halogens is 2. The summed E-state index contributed by atoms with van der Waals surface area (Å²) in [6.45, 7) is 7.48. The molecule has 0 heterocycles. The molecule has 1 amide bonds. The normalized spacial score (nSPS) is 15.3. The van der Waals surface area contributed by atoms with Gasteiger partial charge in [-0.3, -0.25) is 9.59 Å². The standard InChI is InChI=1S/C27H33BrFNO3/c1-17-18(12-15-24(31)33-27(2,3)4)10-7-11-23(17)30-26(32)25(19-8-5-6-9-19)21-14-13-20(28)16-22(21)29/h7,10-11,13-14,16,19,25H,5-6,8-9,12,15H2,1-4H3,(H,30,32). The van der Waals surface area contributed by atoms with Crippen LogP contribution in [0.2, 0.25) is 0 Å². The summed E-state index contributed by atoms with van der Waals surface area (Å²) < 4.78 is 20.9. The van der Waals surface area contributed by atoms with E-state index in [0.717, 1.165) is 36.8 Å². The molecule has 6 heteroatoms. The molecule has 1 saturated carbocycles. The van der Waals surface area contributed by atoms with Gasteiger partial charge in [0.15, 0.2) is 0 Å². The molecule has 2 aromatic rings. The third-order valence-electron chi connectivity index (χ3n) is 6.17. The average Bonchev–Trinajstić information content (AvgIpc) is 3.23. The minimum atomic E-state index is -0.537. The van der Waals surface area contributed by atoms with Crippen LogP contribution in [-0.4, -0.2) is 17.5 Å². The molecule has 0 saturated heterocycles. The van der Waals surface area contributed by atoms with Crippen LogP contribution in [0, 0.1) is 18.7 Å². The lowest BCUT2D eigenvalue weighted by Crippen LogP contribution is -2.27. The van der Waals surface area contributed by atoms with E-state index in [0.29, 0.717) is 22.1 Å². The fourth-order valence-corrected chi connectivity index (χ4v) is 4.92. The molecular formula is C27H33BrFNO3. The Kier molecular flexibility index (Phi) is 8.33. The lowest BCUT2D eigenvalue weighted by molar-refractivity contribution is -0.154. The van der Waals surface area contributed by atoms with Crippen molar-refractivity contribution in [3.05, 3.63) is 63.4 Å². The van der Waals surface area contributed by atoms with Crippen molar-refractivity contribution in [3.63, 3.8) is 0 Å². The topological polar surface area (TPSA) is 55.4 Å². The second-order valence-corrected chi connectivity index (χ2v) is 10.8. The predicted octanol–water partition coefficient (Wildman–Crippen LogP) is 7.08. The van der Waals surface area contributed by atoms with Crippen molar-refractivity contribution in [1.82, 2.24) is 0 Å². The van der Waals surface area contributed by atoms with Gasteiger partial charge in [0.25, 0.3) is 0 Å². The maximum Gasteiger partial charge on any atom is 0.306 e. The molecule has 0 aromatic heterocycles. The van der Waals surface area contributed by atoms with Crippen LogP contribution in [-0.2, 0) is 20.7 Å². The lowest BCUT2D eigenvalue weighted by Gasteiger charge is -2.24.